The third kappa shape index (κ3) is 7.65. The number of hydrogen-bond donors (Lipinski definition) is 1. The average molecular weight is 550 g/mol. The van der Waals surface area contributed by atoms with Gasteiger partial charge in [-0.2, -0.15) is 18.3 Å². The van der Waals surface area contributed by atoms with E-state index in [1.54, 1.807) is 41.3 Å². The second-order valence-corrected chi connectivity index (χ2v) is 9.49. The molecule has 1 atom stereocenters. The van der Waals surface area contributed by atoms with E-state index in [1.165, 1.54) is 11.1 Å². The summed E-state index contributed by atoms with van der Waals surface area (Å²) in [5, 5.41) is 10.5. The first kappa shape index (κ1) is 28.3. The molecule has 13 heteroatoms. The van der Waals surface area contributed by atoms with Gasteiger partial charge in [0.2, 0.25) is 5.91 Å². The minimum absolute atomic E-state index is 0.00496. The Kier molecular flexibility index (Phi) is 9.00. The first-order valence-electron chi connectivity index (χ1n) is 12.7. The lowest BCUT2D eigenvalue weighted by molar-refractivity contribution is -0.150. The summed E-state index contributed by atoms with van der Waals surface area (Å²) >= 11 is 0. The molecule has 1 unspecified atom stereocenters. The van der Waals surface area contributed by atoms with Gasteiger partial charge in [0.1, 0.15) is 11.4 Å². The van der Waals surface area contributed by atoms with Gasteiger partial charge >= 0.3 is 6.18 Å². The summed E-state index contributed by atoms with van der Waals surface area (Å²) < 4.78 is 50.4. The van der Waals surface area contributed by atoms with E-state index in [1.807, 2.05) is 0 Å². The quantitative estimate of drug-likeness (QED) is 0.626. The van der Waals surface area contributed by atoms with E-state index in [0.29, 0.717) is 17.7 Å². The fourth-order valence-electron chi connectivity index (χ4n) is 4.60. The number of ether oxygens (including phenoxy) is 2. The van der Waals surface area contributed by atoms with Gasteiger partial charge in [0.05, 0.1) is 31.7 Å². The monoisotopic (exact) mass is 549 g/mol. The molecule has 1 aromatic heterocycles. The van der Waals surface area contributed by atoms with Crippen molar-refractivity contribution in [3.8, 4) is 5.75 Å². The van der Waals surface area contributed by atoms with Crippen molar-refractivity contribution in [1.82, 2.24) is 25.3 Å². The summed E-state index contributed by atoms with van der Waals surface area (Å²) in [7, 11) is 0. The van der Waals surface area contributed by atoms with E-state index in [-0.39, 0.29) is 64.0 Å². The van der Waals surface area contributed by atoms with Gasteiger partial charge in [0, 0.05) is 38.8 Å². The van der Waals surface area contributed by atoms with Gasteiger partial charge in [-0.05, 0) is 37.1 Å². The summed E-state index contributed by atoms with van der Waals surface area (Å²) in [5.74, 6) is -1.05. The van der Waals surface area contributed by atoms with Crippen molar-refractivity contribution in [2.75, 3.05) is 45.9 Å². The Morgan fingerprint density at radius 2 is 1.87 bits per heavy atom. The molecule has 1 N–H and O–H groups in total. The normalized spacial score (nSPS) is 21.1. The van der Waals surface area contributed by atoms with Crippen molar-refractivity contribution < 1.29 is 37.0 Å². The van der Waals surface area contributed by atoms with Crippen LogP contribution in [0, 0.1) is 0 Å². The lowest BCUT2D eigenvalue weighted by Gasteiger charge is -2.43. The average Bonchev–Trinajstić information content (AvgIpc) is 2.95. The van der Waals surface area contributed by atoms with Crippen molar-refractivity contribution in [2.24, 2.45) is 0 Å². The van der Waals surface area contributed by atoms with Crippen LogP contribution in [0.3, 0.4) is 0 Å². The van der Waals surface area contributed by atoms with Crippen LogP contribution in [0.1, 0.15) is 46.5 Å². The van der Waals surface area contributed by atoms with Crippen LogP contribution in [0.5, 0.6) is 5.75 Å². The number of carbonyl (C=O) groups is 3. The number of nitrogens with one attached hydrogen (secondary N) is 1. The zero-order valence-corrected chi connectivity index (χ0v) is 21.3. The maximum Gasteiger partial charge on any atom is 0.389 e. The maximum atomic E-state index is 13.1. The Morgan fingerprint density at radius 1 is 1.05 bits per heavy atom. The summed E-state index contributed by atoms with van der Waals surface area (Å²) in [6, 6.07) is 9.83. The lowest BCUT2D eigenvalue weighted by Crippen LogP contribution is -2.59. The van der Waals surface area contributed by atoms with Gasteiger partial charge in [0.15, 0.2) is 5.69 Å². The second kappa shape index (κ2) is 12.4. The molecule has 3 amide bonds. The number of para-hydroxylation sites is 1. The van der Waals surface area contributed by atoms with Crippen molar-refractivity contribution in [1.29, 1.82) is 0 Å². The lowest BCUT2D eigenvalue weighted by atomic mass is 9.95. The SMILES string of the molecule is O=C1NCC2(CCN(C(=O)CCC(F)(F)F)CCCOc3ccccc31)CN(C(=O)c1cccnn1)CCO2. The van der Waals surface area contributed by atoms with Crippen LogP contribution in [0.4, 0.5) is 13.2 Å². The number of hydrogen-bond acceptors (Lipinski definition) is 7. The van der Waals surface area contributed by atoms with Crippen LogP contribution < -0.4 is 10.1 Å². The number of rotatable bonds is 3. The van der Waals surface area contributed by atoms with Crippen LogP contribution in [0.2, 0.25) is 0 Å². The molecule has 1 aromatic carbocycles. The van der Waals surface area contributed by atoms with Gasteiger partial charge < -0.3 is 24.6 Å². The molecule has 0 aliphatic carbocycles. The zero-order valence-electron chi connectivity index (χ0n) is 21.3. The number of benzene rings is 1. The molecule has 10 nitrogen and oxygen atoms in total. The third-order valence-electron chi connectivity index (χ3n) is 6.67. The van der Waals surface area contributed by atoms with Crippen LogP contribution in [0.25, 0.3) is 0 Å². The smallest absolute Gasteiger partial charge is 0.389 e. The van der Waals surface area contributed by atoms with Gasteiger partial charge in [0.25, 0.3) is 11.8 Å². The first-order valence-corrected chi connectivity index (χ1v) is 12.7. The number of halogens is 3. The Hall–Kier alpha value is -3.74. The minimum atomic E-state index is -4.45. The Morgan fingerprint density at radius 3 is 2.64 bits per heavy atom. The van der Waals surface area contributed by atoms with Crippen molar-refractivity contribution in [3.05, 3.63) is 53.9 Å². The van der Waals surface area contributed by atoms with Crippen molar-refractivity contribution in [3.63, 3.8) is 0 Å². The van der Waals surface area contributed by atoms with Crippen molar-refractivity contribution >= 4 is 17.7 Å². The topological polar surface area (TPSA) is 114 Å². The Bertz CT molecular complexity index is 1170. The van der Waals surface area contributed by atoms with E-state index >= 15 is 0 Å². The molecule has 1 fully saturated rings. The highest BCUT2D eigenvalue weighted by Crippen LogP contribution is 2.26. The Balaban J connectivity index is 1.58. The molecule has 2 aromatic rings. The molecule has 1 spiro atoms. The van der Waals surface area contributed by atoms with Crippen LogP contribution in [-0.4, -0.2) is 95.4 Å². The van der Waals surface area contributed by atoms with E-state index in [4.69, 9.17) is 9.47 Å². The number of aromatic nitrogens is 2. The predicted octanol–water partition coefficient (Wildman–Crippen LogP) is 2.46. The summed E-state index contributed by atoms with van der Waals surface area (Å²) in [5.41, 5.74) is -0.635. The van der Waals surface area contributed by atoms with Crippen molar-refractivity contribution in [2.45, 2.75) is 37.5 Å². The van der Waals surface area contributed by atoms with Gasteiger partial charge in [-0.3, -0.25) is 14.4 Å². The fourth-order valence-corrected chi connectivity index (χ4v) is 4.60. The molecule has 4 rings (SSSR count). The first-order chi connectivity index (χ1) is 18.7. The second-order valence-electron chi connectivity index (χ2n) is 9.49. The van der Waals surface area contributed by atoms with Gasteiger partial charge in [-0.1, -0.05) is 12.1 Å². The molecule has 39 heavy (non-hydrogen) atoms. The number of nitrogens with zero attached hydrogens (tertiary/aromatic N) is 4. The number of alkyl halides is 3. The summed E-state index contributed by atoms with van der Waals surface area (Å²) in [6.07, 6.45) is -4.36. The highest BCUT2D eigenvalue weighted by atomic mass is 19.4. The fraction of sp³-hybridized carbons (Fsp3) is 0.500. The molecule has 2 aliphatic heterocycles. The predicted molar refractivity (Wildman–Crippen MR) is 132 cm³/mol. The molecule has 1 saturated heterocycles. The van der Waals surface area contributed by atoms with E-state index in [9.17, 15) is 27.6 Å². The zero-order chi connectivity index (χ0) is 27.9. The molecule has 2 aliphatic rings. The molecular weight excluding hydrogens is 519 g/mol. The van der Waals surface area contributed by atoms with Crippen LogP contribution in [0.15, 0.2) is 42.6 Å². The molecule has 0 bridgehead atoms. The molecule has 0 radical (unpaired) electrons. The number of amides is 3. The van der Waals surface area contributed by atoms with Gasteiger partial charge in [-0.15, -0.1) is 5.10 Å². The standard InChI is InChI=1S/C26H30F3N5O5/c27-26(28,29)9-8-22(35)33-12-4-15-38-21-7-2-1-5-19(21)23(36)30-17-25(10-13-33)18-34(14-16-39-25)24(37)20-6-3-11-31-32-20/h1-3,5-7,11H,4,8-10,12-18H2,(H,30,36). The minimum Gasteiger partial charge on any atom is -0.493 e. The molecule has 210 valence electrons. The number of fused-ring (bicyclic) bond motifs is 1. The summed E-state index contributed by atoms with van der Waals surface area (Å²) in [4.78, 5) is 41.9. The van der Waals surface area contributed by atoms with Crippen LogP contribution in [-0.2, 0) is 9.53 Å². The van der Waals surface area contributed by atoms with Gasteiger partial charge in [-0.25, -0.2) is 0 Å². The third-order valence-corrected chi connectivity index (χ3v) is 6.67. The molecule has 0 saturated carbocycles. The number of carbonyl (C=O) groups excluding carboxylic acids is 3. The largest absolute Gasteiger partial charge is 0.493 e. The summed E-state index contributed by atoms with van der Waals surface area (Å²) in [6.45, 7) is 0.903. The van der Waals surface area contributed by atoms with Crippen LogP contribution >= 0.6 is 0 Å². The molecular formula is C26H30F3N5O5. The van der Waals surface area contributed by atoms with E-state index in [2.05, 4.69) is 15.5 Å². The highest BCUT2D eigenvalue weighted by Gasteiger charge is 2.40. The number of morpholine rings is 1. The van der Waals surface area contributed by atoms with E-state index in [0.717, 1.165) is 0 Å². The highest BCUT2D eigenvalue weighted by molar-refractivity contribution is 5.97. The van der Waals surface area contributed by atoms with E-state index < -0.39 is 36.4 Å². The Labute approximate surface area is 223 Å². The molecule has 3 heterocycles. The maximum absolute atomic E-state index is 13.1.